The molecule has 2 aliphatic rings. The second-order valence-corrected chi connectivity index (χ2v) is 4.60. The fourth-order valence-corrected chi connectivity index (χ4v) is 2.47. The van der Waals surface area contributed by atoms with Gasteiger partial charge >= 0.3 is 0 Å². The molecule has 2 rings (SSSR count). The minimum Gasteiger partial charge on any atom is -0.348 e. The average molecular weight is 199 g/mol. The van der Waals surface area contributed by atoms with Crippen LogP contribution in [0.25, 0.3) is 0 Å². The summed E-state index contributed by atoms with van der Waals surface area (Å²) in [5, 5.41) is 3.18. The zero-order chi connectivity index (χ0) is 10.0. The molecule has 1 aliphatic carbocycles. The molecular weight excluding hydrogens is 178 g/mol. The SMILES string of the molecule is CNC1COC(C)(C2CCCC2)OC1. The quantitative estimate of drug-likeness (QED) is 0.731. The number of ether oxygens (including phenoxy) is 2. The van der Waals surface area contributed by atoms with E-state index >= 15 is 0 Å². The molecule has 3 nitrogen and oxygen atoms in total. The van der Waals surface area contributed by atoms with Gasteiger partial charge < -0.3 is 14.8 Å². The average Bonchev–Trinajstić information content (AvgIpc) is 2.72. The summed E-state index contributed by atoms with van der Waals surface area (Å²) < 4.78 is 11.7. The first kappa shape index (κ1) is 10.4. The maximum absolute atomic E-state index is 5.87. The van der Waals surface area contributed by atoms with Crippen LogP contribution < -0.4 is 5.32 Å². The van der Waals surface area contributed by atoms with Gasteiger partial charge in [-0.2, -0.15) is 0 Å². The highest BCUT2D eigenvalue weighted by molar-refractivity contribution is 4.84. The Morgan fingerprint density at radius 3 is 2.21 bits per heavy atom. The van der Waals surface area contributed by atoms with Gasteiger partial charge in [0.05, 0.1) is 19.3 Å². The van der Waals surface area contributed by atoms with Crippen LogP contribution >= 0.6 is 0 Å². The first-order valence-electron chi connectivity index (χ1n) is 5.70. The minimum absolute atomic E-state index is 0.302. The second-order valence-electron chi connectivity index (χ2n) is 4.60. The predicted molar refractivity (Wildman–Crippen MR) is 55.1 cm³/mol. The fourth-order valence-electron chi connectivity index (χ4n) is 2.47. The fraction of sp³-hybridized carbons (Fsp3) is 1.00. The van der Waals surface area contributed by atoms with Crippen LogP contribution in [0.5, 0.6) is 0 Å². The molecule has 0 aromatic rings. The summed E-state index contributed by atoms with van der Waals surface area (Å²) in [6.45, 7) is 3.67. The molecule has 0 bridgehead atoms. The van der Waals surface area contributed by atoms with E-state index in [2.05, 4.69) is 12.2 Å². The standard InChI is InChI=1S/C11H21NO2/c1-11(9-5-3-4-6-9)13-7-10(12-2)8-14-11/h9-10,12H,3-8H2,1-2H3. The van der Waals surface area contributed by atoms with Crippen LogP contribution in [0, 0.1) is 5.92 Å². The molecule has 0 unspecified atom stereocenters. The van der Waals surface area contributed by atoms with E-state index in [-0.39, 0.29) is 5.79 Å². The monoisotopic (exact) mass is 199 g/mol. The van der Waals surface area contributed by atoms with Crippen LogP contribution in [0.2, 0.25) is 0 Å². The Bertz CT molecular complexity index is 182. The van der Waals surface area contributed by atoms with Gasteiger partial charge in [-0.3, -0.25) is 0 Å². The highest BCUT2D eigenvalue weighted by Crippen LogP contribution is 2.38. The van der Waals surface area contributed by atoms with Gasteiger partial charge in [0.15, 0.2) is 5.79 Å². The van der Waals surface area contributed by atoms with Crippen molar-refractivity contribution in [3.05, 3.63) is 0 Å². The van der Waals surface area contributed by atoms with Crippen molar-refractivity contribution in [2.75, 3.05) is 20.3 Å². The number of nitrogens with one attached hydrogen (secondary N) is 1. The molecule has 0 aromatic heterocycles. The highest BCUT2D eigenvalue weighted by Gasteiger charge is 2.41. The van der Waals surface area contributed by atoms with Crippen molar-refractivity contribution in [3.8, 4) is 0 Å². The Morgan fingerprint density at radius 1 is 1.14 bits per heavy atom. The van der Waals surface area contributed by atoms with Gasteiger partial charge in [0.2, 0.25) is 0 Å². The van der Waals surface area contributed by atoms with Crippen LogP contribution in [0.15, 0.2) is 0 Å². The van der Waals surface area contributed by atoms with Gasteiger partial charge in [0.25, 0.3) is 0 Å². The molecule has 1 saturated carbocycles. The Hall–Kier alpha value is -0.120. The molecule has 14 heavy (non-hydrogen) atoms. The lowest BCUT2D eigenvalue weighted by Crippen LogP contribution is -2.51. The largest absolute Gasteiger partial charge is 0.348 e. The number of rotatable bonds is 2. The summed E-state index contributed by atoms with van der Waals surface area (Å²) in [4.78, 5) is 0. The number of likely N-dealkylation sites (N-methyl/N-ethyl adjacent to an activating group) is 1. The summed E-state index contributed by atoms with van der Waals surface area (Å²) in [5.41, 5.74) is 0. The van der Waals surface area contributed by atoms with Crippen molar-refractivity contribution in [3.63, 3.8) is 0 Å². The van der Waals surface area contributed by atoms with Crippen molar-refractivity contribution < 1.29 is 9.47 Å². The van der Waals surface area contributed by atoms with E-state index in [1.807, 2.05) is 7.05 Å². The third-order valence-electron chi connectivity index (χ3n) is 3.65. The van der Waals surface area contributed by atoms with Gasteiger partial charge in [-0.25, -0.2) is 0 Å². The molecular formula is C11H21NO2. The molecule has 3 heteroatoms. The van der Waals surface area contributed by atoms with E-state index in [0.29, 0.717) is 12.0 Å². The maximum atomic E-state index is 5.87. The van der Waals surface area contributed by atoms with Crippen molar-refractivity contribution in [1.29, 1.82) is 0 Å². The lowest BCUT2D eigenvalue weighted by atomic mass is 9.97. The van der Waals surface area contributed by atoms with Crippen LogP contribution in [0.4, 0.5) is 0 Å². The van der Waals surface area contributed by atoms with E-state index in [4.69, 9.17) is 9.47 Å². The summed E-state index contributed by atoms with van der Waals surface area (Å²) >= 11 is 0. The molecule has 1 heterocycles. The summed E-state index contributed by atoms with van der Waals surface area (Å²) in [6, 6.07) is 0.365. The topological polar surface area (TPSA) is 30.5 Å². The Balaban J connectivity index is 1.90. The van der Waals surface area contributed by atoms with Crippen LogP contribution in [0.3, 0.4) is 0 Å². The van der Waals surface area contributed by atoms with E-state index in [9.17, 15) is 0 Å². The third-order valence-corrected chi connectivity index (χ3v) is 3.65. The van der Waals surface area contributed by atoms with Gasteiger partial charge in [0.1, 0.15) is 0 Å². The molecule has 0 aromatic carbocycles. The first-order valence-corrected chi connectivity index (χ1v) is 5.70. The van der Waals surface area contributed by atoms with Gasteiger partial charge in [0, 0.05) is 5.92 Å². The Kier molecular flexibility index (Phi) is 3.10. The molecule has 1 N–H and O–H groups in total. The molecule has 0 amide bonds. The molecule has 1 aliphatic heterocycles. The molecule has 1 saturated heterocycles. The summed E-state index contributed by atoms with van der Waals surface area (Å²) in [7, 11) is 1.95. The lowest BCUT2D eigenvalue weighted by Gasteiger charge is -2.41. The summed E-state index contributed by atoms with van der Waals surface area (Å²) in [5.74, 6) is 0.310. The van der Waals surface area contributed by atoms with Gasteiger partial charge in [-0.15, -0.1) is 0 Å². The smallest absolute Gasteiger partial charge is 0.168 e. The lowest BCUT2D eigenvalue weighted by molar-refractivity contribution is -0.289. The van der Waals surface area contributed by atoms with Crippen molar-refractivity contribution in [2.24, 2.45) is 5.92 Å². The number of hydrogen-bond acceptors (Lipinski definition) is 3. The van der Waals surface area contributed by atoms with Crippen LogP contribution in [-0.2, 0) is 9.47 Å². The van der Waals surface area contributed by atoms with Crippen LogP contribution in [0.1, 0.15) is 32.6 Å². The van der Waals surface area contributed by atoms with Gasteiger partial charge in [-0.1, -0.05) is 12.8 Å². The normalized spacial score (nSPS) is 40.3. The molecule has 0 atom stereocenters. The van der Waals surface area contributed by atoms with Crippen molar-refractivity contribution >= 4 is 0 Å². The van der Waals surface area contributed by atoms with Gasteiger partial charge in [-0.05, 0) is 26.8 Å². The third kappa shape index (κ3) is 1.95. The first-order chi connectivity index (χ1) is 6.74. The highest BCUT2D eigenvalue weighted by atomic mass is 16.7. The molecule has 82 valence electrons. The Morgan fingerprint density at radius 2 is 1.71 bits per heavy atom. The summed E-state index contributed by atoms with van der Waals surface area (Å²) in [6.07, 6.45) is 5.20. The molecule has 0 radical (unpaired) electrons. The molecule has 2 fully saturated rings. The van der Waals surface area contributed by atoms with Crippen molar-refractivity contribution in [1.82, 2.24) is 5.32 Å². The van der Waals surface area contributed by atoms with Crippen molar-refractivity contribution in [2.45, 2.75) is 44.4 Å². The molecule has 0 spiro atoms. The Labute approximate surface area is 86.2 Å². The van der Waals surface area contributed by atoms with E-state index < -0.39 is 0 Å². The predicted octanol–water partition coefficient (Wildman–Crippen LogP) is 1.53. The van der Waals surface area contributed by atoms with E-state index in [1.54, 1.807) is 0 Å². The number of hydrogen-bond donors (Lipinski definition) is 1. The van der Waals surface area contributed by atoms with E-state index in [0.717, 1.165) is 13.2 Å². The zero-order valence-electron chi connectivity index (χ0n) is 9.21. The zero-order valence-corrected chi connectivity index (χ0v) is 9.21. The van der Waals surface area contributed by atoms with Crippen LogP contribution in [-0.4, -0.2) is 32.1 Å². The minimum atomic E-state index is -0.302. The van der Waals surface area contributed by atoms with E-state index in [1.165, 1.54) is 25.7 Å². The second kappa shape index (κ2) is 4.17. The maximum Gasteiger partial charge on any atom is 0.168 e.